The van der Waals surface area contributed by atoms with Crippen LogP contribution in [-0.4, -0.2) is 18.7 Å². The van der Waals surface area contributed by atoms with Crippen LogP contribution in [0, 0.1) is 5.41 Å². The summed E-state index contributed by atoms with van der Waals surface area (Å²) < 4.78 is 5.90. The summed E-state index contributed by atoms with van der Waals surface area (Å²) in [7, 11) is 0. The molecule has 1 rings (SSSR count). The zero-order valence-corrected chi connectivity index (χ0v) is 13.1. The number of hydrogen-bond acceptors (Lipinski definition) is 2. The molecule has 2 nitrogen and oxygen atoms in total. The van der Waals surface area contributed by atoms with Crippen LogP contribution in [-0.2, 0) is 11.3 Å². The monoisotopic (exact) mass is 263 g/mol. The van der Waals surface area contributed by atoms with Gasteiger partial charge < -0.3 is 10.1 Å². The number of benzene rings is 1. The second-order valence-corrected chi connectivity index (χ2v) is 6.75. The molecule has 1 atom stereocenters. The molecule has 0 aliphatic carbocycles. The highest BCUT2D eigenvalue weighted by Crippen LogP contribution is 2.22. The van der Waals surface area contributed by atoms with Crippen LogP contribution in [0.1, 0.15) is 46.6 Å². The lowest BCUT2D eigenvalue weighted by Gasteiger charge is -2.32. The van der Waals surface area contributed by atoms with Gasteiger partial charge in [0, 0.05) is 17.5 Å². The Morgan fingerprint density at radius 3 is 2.21 bits per heavy atom. The molecule has 1 N–H and O–H groups in total. The van der Waals surface area contributed by atoms with Gasteiger partial charge in [-0.25, -0.2) is 0 Å². The Balaban J connectivity index is 2.39. The predicted molar refractivity (Wildman–Crippen MR) is 82.3 cm³/mol. The zero-order chi connectivity index (χ0) is 14.4. The predicted octanol–water partition coefficient (Wildman–Crippen LogP) is 4.01. The molecule has 108 valence electrons. The SMILES string of the molecule is CCC(C)(CNC(C)(C)C)COCc1ccccc1. The summed E-state index contributed by atoms with van der Waals surface area (Å²) in [4.78, 5) is 0. The molecule has 0 heterocycles. The maximum Gasteiger partial charge on any atom is 0.0717 e. The molecule has 0 radical (unpaired) electrons. The first-order valence-corrected chi connectivity index (χ1v) is 7.21. The number of ether oxygens (including phenoxy) is 1. The van der Waals surface area contributed by atoms with Gasteiger partial charge in [-0.3, -0.25) is 0 Å². The van der Waals surface area contributed by atoms with Gasteiger partial charge >= 0.3 is 0 Å². The molecular formula is C17H29NO. The first kappa shape index (κ1) is 16.2. The molecule has 0 spiro atoms. The summed E-state index contributed by atoms with van der Waals surface area (Å²) in [5.74, 6) is 0. The van der Waals surface area contributed by atoms with Crippen molar-refractivity contribution in [3.05, 3.63) is 35.9 Å². The average Bonchev–Trinajstić information content (AvgIpc) is 2.37. The van der Waals surface area contributed by atoms with Crippen molar-refractivity contribution in [3.63, 3.8) is 0 Å². The summed E-state index contributed by atoms with van der Waals surface area (Å²) in [5.41, 5.74) is 1.60. The second-order valence-electron chi connectivity index (χ2n) is 6.75. The summed E-state index contributed by atoms with van der Waals surface area (Å²) in [5, 5.41) is 3.58. The van der Waals surface area contributed by atoms with Crippen LogP contribution in [0.5, 0.6) is 0 Å². The van der Waals surface area contributed by atoms with Gasteiger partial charge in [0.05, 0.1) is 13.2 Å². The lowest BCUT2D eigenvalue weighted by Crippen LogP contribution is -2.44. The van der Waals surface area contributed by atoms with E-state index in [9.17, 15) is 0 Å². The van der Waals surface area contributed by atoms with Crippen LogP contribution in [0.15, 0.2) is 30.3 Å². The van der Waals surface area contributed by atoms with E-state index in [4.69, 9.17) is 4.74 Å². The van der Waals surface area contributed by atoms with Gasteiger partial charge in [-0.1, -0.05) is 44.2 Å². The van der Waals surface area contributed by atoms with Crippen LogP contribution in [0.2, 0.25) is 0 Å². The smallest absolute Gasteiger partial charge is 0.0717 e. The van der Waals surface area contributed by atoms with E-state index >= 15 is 0 Å². The number of nitrogens with one attached hydrogen (secondary N) is 1. The van der Waals surface area contributed by atoms with Crippen LogP contribution >= 0.6 is 0 Å². The first-order valence-electron chi connectivity index (χ1n) is 7.21. The van der Waals surface area contributed by atoms with Gasteiger partial charge in [-0.2, -0.15) is 0 Å². The van der Waals surface area contributed by atoms with E-state index in [1.165, 1.54) is 5.56 Å². The van der Waals surface area contributed by atoms with Crippen LogP contribution in [0.25, 0.3) is 0 Å². The Morgan fingerprint density at radius 2 is 1.68 bits per heavy atom. The van der Waals surface area contributed by atoms with Gasteiger partial charge in [-0.05, 0) is 32.8 Å². The highest BCUT2D eigenvalue weighted by molar-refractivity contribution is 5.13. The van der Waals surface area contributed by atoms with Gasteiger partial charge in [0.2, 0.25) is 0 Å². The Labute approximate surface area is 118 Å². The standard InChI is InChI=1S/C17H29NO/c1-6-17(5,13-18-16(2,3)4)14-19-12-15-10-8-7-9-11-15/h7-11,18H,6,12-14H2,1-5H3. The molecule has 0 aliphatic heterocycles. The molecule has 0 aliphatic rings. The van der Waals surface area contributed by atoms with Crippen LogP contribution < -0.4 is 5.32 Å². The van der Waals surface area contributed by atoms with Gasteiger partial charge in [0.15, 0.2) is 0 Å². The maximum atomic E-state index is 5.90. The van der Waals surface area contributed by atoms with E-state index < -0.39 is 0 Å². The molecule has 19 heavy (non-hydrogen) atoms. The lowest BCUT2D eigenvalue weighted by atomic mass is 9.87. The Morgan fingerprint density at radius 1 is 1.05 bits per heavy atom. The van der Waals surface area contributed by atoms with E-state index in [0.717, 1.165) is 19.6 Å². The van der Waals surface area contributed by atoms with E-state index in [2.05, 4.69) is 64.2 Å². The summed E-state index contributed by atoms with van der Waals surface area (Å²) >= 11 is 0. The normalized spacial score (nSPS) is 15.2. The topological polar surface area (TPSA) is 21.3 Å². The largest absolute Gasteiger partial charge is 0.376 e. The highest BCUT2D eigenvalue weighted by atomic mass is 16.5. The van der Waals surface area contributed by atoms with Crippen molar-refractivity contribution in [1.82, 2.24) is 5.32 Å². The molecule has 2 heteroatoms. The summed E-state index contributed by atoms with van der Waals surface area (Å²) in [6, 6.07) is 10.4. The molecule has 0 bridgehead atoms. The fraction of sp³-hybridized carbons (Fsp3) is 0.647. The zero-order valence-electron chi connectivity index (χ0n) is 13.1. The van der Waals surface area contributed by atoms with Crippen molar-refractivity contribution >= 4 is 0 Å². The molecule has 0 aromatic heterocycles. The van der Waals surface area contributed by atoms with Crippen molar-refractivity contribution in [3.8, 4) is 0 Å². The fourth-order valence-electron chi connectivity index (χ4n) is 1.75. The van der Waals surface area contributed by atoms with E-state index in [1.54, 1.807) is 0 Å². The van der Waals surface area contributed by atoms with Crippen molar-refractivity contribution in [2.24, 2.45) is 5.41 Å². The molecule has 1 aromatic carbocycles. The summed E-state index contributed by atoms with van der Waals surface area (Å²) in [6.45, 7) is 13.6. The van der Waals surface area contributed by atoms with Crippen LogP contribution in [0.4, 0.5) is 0 Å². The van der Waals surface area contributed by atoms with Gasteiger partial charge in [0.1, 0.15) is 0 Å². The molecule has 1 aromatic rings. The third-order valence-electron chi connectivity index (χ3n) is 3.46. The van der Waals surface area contributed by atoms with Crippen molar-refractivity contribution in [1.29, 1.82) is 0 Å². The molecule has 0 saturated heterocycles. The quantitative estimate of drug-likeness (QED) is 0.802. The highest BCUT2D eigenvalue weighted by Gasteiger charge is 2.24. The van der Waals surface area contributed by atoms with Crippen molar-refractivity contribution in [2.45, 2.75) is 53.2 Å². The maximum absolute atomic E-state index is 5.90. The van der Waals surface area contributed by atoms with E-state index in [0.29, 0.717) is 6.61 Å². The molecular weight excluding hydrogens is 234 g/mol. The first-order chi connectivity index (χ1) is 8.85. The summed E-state index contributed by atoms with van der Waals surface area (Å²) in [6.07, 6.45) is 1.12. The minimum Gasteiger partial charge on any atom is -0.376 e. The second kappa shape index (κ2) is 7.06. The Bertz CT molecular complexity index is 355. The molecule has 1 unspecified atom stereocenters. The van der Waals surface area contributed by atoms with E-state index in [1.807, 2.05) is 6.07 Å². The van der Waals surface area contributed by atoms with Crippen LogP contribution in [0.3, 0.4) is 0 Å². The molecule has 0 saturated carbocycles. The fourth-order valence-corrected chi connectivity index (χ4v) is 1.75. The van der Waals surface area contributed by atoms with Crippen molar-refractivity contribution in [2.75, 3.05) is 13.2 Å². The minimum absolute atomic E-state index is 0.163. The van der Waals surface area contributed by atoms with E-state index in [-0.39, 0.29) is 11.0 Å². The molecule has 0 fully saturated rings. The lowest BCUT2D eigenvalue weighted by molar-refractivity contribution is 0.0371. The number of hydrogen-bond donors (Lipinski definition) is 1. The molecule has 0 amide bonds. The minimum atomic E-state index is 0.163. The van der Waals surface area contributed by atoms with Crippen molar-refractivity contribution < 1.29 is 4.74 Å². The van der Waals surface area contributed by atoms with Gasteiger partial charge in [0.25, 0.3) is 0 Å². The third kappa shape index (κ3) is 6.74. The Kier molecular flexibility index (Phi) is 6.02. The average molecular weight is 263 g/mol. The third-order valence-corrected chi connectivity index (χ3v) is 3.46. The number of rotatable bonds is 7. The van der Waals surface area contributed by atoms with Gasteiger partial charge in [-0.15, -0.1) is 0 Å². The Hall–Kier alpha value is -0.860.